The molecule has 0 aliphatic rings. The molecule has 2 aromatic carbocycles. The second-order valence-corrected chi connectivity index (χ2v) is 7.16. The van der Waals surface area contributed by atoms with E-state index in [1.54, 1.807) is 6.92 Å². The average Bonchev–Trinajstić information content (AvgIpc) is 3.13. The van der Waals surface area contributed by atoms with Crippen LogP contribution in [0, 0.1) is 0 Å². The summed E-state index contributed by atoms with van der Waals surface area (Å²) in [5.74, 6) is -0.643. The number of carbonyl (C=O) groups is 1. The van der Waals surface area contributed by atoms with Gasteiger partial charge in [0.25, 0.3) is 0 Å². The Morgan fingerprint density at radius 1 is 1.11 bits per heavy atom. The molecule has 7 heteroatoms. The van der Waals surface area contributed by atoms with E-state index in [1.165, 1.54) is 12.1 Å². The van der Waals surface area contributed by atoms with Gasteiger partial charge in [-0.15, -0.1) is 11.3 Å². The number of alkyl halides is 3. The van der Waals surface area contributed by atoms with Crippen LogP contribution in [0.1, 0.15) is 46.3 Å². The van der Waals surface area contributed by atoms with Crippen molar-refractivity contribution in [2.24, 2.45) is 0 Å². The summed E-state index contributed by atoms with van der Waals surface area (Å²) in [4.78, 5) is 17.4. The molecule has 0 amide bonds. The van der Waals surface area contributed by atoms with Crippen molar-refractivity contribution in [1.29, 1.82) is 0 Å². The predicted octanol–water partition coefficient (Wildman–Crippen LogP) is 6.16. The summed E-state index contributed by atoms with van der Waals surface area (Å²) in [5.41, 5.74) is 1.34. The molecule has 28 heavy (non-hydrogen) atoms. The first kappa shape index (κ1) is 20.1. The van der Waals surface area contributed by atoms with Crippen LogP contribution in [0.15, 0.2) is 54.6 Å². The molecule has 146 valence electrons. The van der Waals surface area contributed by atoms with Crippen LogP contribution in [0.25, 0.3) is 10.6 Å². The highest BCUT2D eigenvalue weighted by atomic mass is 32.1. The lowest BCUT2D eigenvalue weighted by Gasteiger charge is -2.11. The molecule has 1 aromatic heterocycles. The van der Waals surface area contributed by atoms with Crippen molar-refractivity contribution < 1.29 is 22.7 Å². The van der Waals surface area contributed by atoms with Crippen LogP contribution in [-0.4, -0.2) is 17.6 Å². The molecule has 0 saturated carbocycles. The highest BCUT2D eigenvalue weighted by Gasteiger charge is 2.30. The third kappa shape index (κ3) is 4.25. The standard InChI is InChI=1S/C21H18F3NO2S/c1-3-27-20(26)18-17(13(2)14-7-5-4-6-8-14)25-19(28-18)15-9-11-16(12-10-15)21(22,23)24/h4-13H,3H2,1-2H3. The number of hydrogen-bond donors (Lipinski definition) is 0. The second-order valence-electron chi connectivity index (χ2n) is 6.16. The zero-order valence-electron chi connectivity index (χ0n) is 15.3. The maximum absolute atomic E-state index is 12.8. The molecule has 3 aromatic rings. The van der Waals surface area contributed by atoms with Crippen molar-refractivity contribution in [3.8, 4) is 10.6 Å². The fourth-order valence-corrected chi connectivity index (χ4v) is 3.85. The summed E-state index contributed by atoms with van der Waals surface area (Å²) in [6.07, 6.45) is -4.40. The first-order chi connectivity index (χ1) is 13.3. The van der Waals surface area contributed by atoms with Crippen molar-refractivity contribution in [2.45, 2.75) is 25.9 Å². The number of rotatable bonds is 5. The minimum Gasteiger partial charge on any atom is -0.462 e. The van der Waals surface area contributed by atoms with Gasteiger partial charge in [0.15, 0.2) is 0 Å². The zero-order chi connectivity index (χ0) is 20.3. The minimum absolute atomic E-state index is 0.167. The van der Waals surface area contributed by atoms with E-state index < -0.39 is 17.7 Å². The van der Waals surface area contributed by atoms with Gasteiger partial charge in [0.2, 0.25) is 0 Å². The van der Waals surface area contributed by atoms with Gasteiger partial charge in [-0.25, -0.2) is 9.78 Å². The lowest BCUT2D eigenvalue weighted by molar-refractivity contribution is -0.137. The summed E-state index contributed by atoms with van der Waals surface area (Å²) < 4.78 is 43.6. The Balaban J connectivity index is 2.03. The molecule has 0 N–H and O–H groups in total. The predicted molar refractivity (Wildman–Crippen MR) is 102 cm³/mol. The normalized spacial score (nSPS) is 12.6. The van der Waals surface area contributed by atoms with Gasteiger partial charge in [-0.2, -0.15) is 13.2 Å². The molecule has 1 atom stereocenters. The Labute approximate surface area is 164 Å². The number of hydrogen-bond acceptors (Lipinski definition) is 4. The second kappa shape index (κ2) is 8.14. The number of nitrogens with zero attached hydrogens (tertiary/aromatic N) is 1. The third-order valence-electron chi connectivity index (χ3n) is 4.28. The van der Waals surface area contributed by atoms with Crippen molar-refractivity contribution in [2.75, 3.05) is 6.61 Å². The number of halogens is 3. The van der Waals surface area contributed by atoms with Gasteiger partial charge >= 0.3 is 12.1 Å². The summed E-state index contributed by atoms with van der Waals surface area (Å²) in [6.45, 7) is 3.88. The van der Waals surface area contributed by atoms with Gasteiger partial charge in [-0.3, -0.25) is 0 Å². The fraction of sp³-hybridized carbons (Fsp3) is 0.238. The summed E-state index contributed by atoms with van der Waals surface area (Å²) in [7, 11) is 0. The molecule has 3 nitrogen and oxygen atoms in total. The highest BCUT2D eigenvalue weighted by molar-refractivity contribution is 7.17. The van der Waals surface area contributed by atoms with E-state index in [4.69, 9.17) is 4.74 Å². The van der Waals surface area contributed by atoms with Gasteiger partial charge in [-0.05, 0) is 24.6 Å². The molecule has 0 saturated heterocycles. The van der Waals surface area contributed by atoms with Crippen molar-refractivity contribution in [3.63, 3.8) is 0 Å². The van der Waals surface area contributed by atoms with Crippen molar-refractivity contribution in [3.05, 3.63) is 76.3 Å². The van der Waals surface area contributed by atoms with Crippen LogP contribution in [0.2, 0.25) is 0 Å². The Morgan fingerprint density at radius 3 is 2.32 bits per heavy atom. The topological polar surface area (TPSA) is 39.2 Å². The van der Waals surface area contributed by atoms with E-state index >= 15 is 0 Å². The summed E-state index contributed by atoms with van der Waals surface area (Å²) in [6, 6.07) is 14.4. The molecular weight excluding hydrogens is 387 g/mol. The largest absolute Gasteiger partial charge is 0.462 e. The van der Waals surface area contributed by atoms with Gasteiger partial charge in [-0.1, -0.05) is 49.4 Å². The van der Waals surface area contributed by atoms with Crippen LogP contribution in [0.5, 0.6) is 0 Å². The number of esters is 1. The molecule has 0 aliphatic carbocycles. The van der Waals surface area contributed by atoms with Crippen LogP contribution >= 0.6 is 11.3 Å². The molecule has 0 bridgehead atoms. The van der Waals surface area contributed by atoms with Gasteiger partial charge in [0, 0.05) is 11.5 Å². The first-order valence-electron chi connectivity index (χ1n) is 8.71. The van der Waals surface area contributed by atoms with Crippen LogP contribution in [0.4, 0.5) is 13.2 Å². The van der Waals surface area contributed by atoms with Gasteiger partial charge in [0.1, 0.15) is 9.88 Å². The quantitative estimate of drug-likeness (QED) is 0.478. The molecule has 1 heterocycles. The maximum atomic E-state index is 12.8. The lowest BCUT2D eigenvalue weighted by Crippen LogP contribution is -2.08. The van der Waals surface area contributed by atoms with E-state index in [1.807, 2.05) is 37.3 Å². The van der Waals surface area contributed by atoms with Crippen LogP contribution in [-0.2, 0) is 10.9 Å². The molecule has 0 radical (unpaired) electrons. The zero-order valence-corrected chi connectivity index (χ0v) is 16.1. The summed E-state index contributed by atoms with van der Waals surface area (Å²) in [5, 5.41) is 0.481. The number of benzene rings is 2. The molecule has 0 aliphatic heterocycles. The molecule has 1 unspecified atom stereocenters. The Hall–Kier alpha value is -2.67. The Bertz CT molecular complexity index is 950. The van der Waals surface area contributed by atoms with E-state index in [9.17, 15) is 18.0 Å². The molecule has 3 rings (SSSR count). The highest BCUT2D eigenvalue weighted by Crippen LogP contribution is 2.36. The lowest BCUT2D eigenvalue weighted by atomic mass is 9.97. The number of aromatic nitrogens is 1. The minimum atomic E-state index is -4.40. The summed E-state index contributed by atoms with van der Waals surface area (Å²) >= 11 is 1.13. The molecule has 0 spiro atoms. The maximum Gasteiger partial charge on any atom is 0.416 e. The number of carbonyl (C=O) groups excluding carboxylic acids is 1. The first-order valence-corrected chi connectivity index (χ1v) is 9.53. The molecule has 0 fully saturated rings. The van der Waals surface area contributed by atoms with E-state index in [0.29, 0.717) is 21.1 Å². The monoisotopic (exact) mass is 405 g/mol. The Morgan fingerprint density at radius 2 is 1.75 bits per heavy atom. The van der Waals surface area contributed by atoms with Crippen molar-refractivity contribution >= 4 is 17.3 Å². The van der Waals surface area contributed by atoms with E-state index in [2.05, 4.69) is 4.98 Å². The van der Waals surface area contributed by atoms with E-state index in [0.717, 1.165) is 29.0 Å². The number of ether oxygens (including phenoxy) is 1. The number of thiazole rings is 1. The van der Waals surface area contributed by atoms with Crippen LogP contribution in [0.3, 0.4) is 0 Å². The fourth-order valence-electron chi connectivity index (χ4n) is 2.79. The Kier molecular flexibility index (Phi) is 5.84. The average molecular weight is 405 g/mol. The SMILES string of the molecule is CCOC(=O)c1sc(-c2ccc(C(F)(F)F)cc2)nc1C(C)c1ccccc1. The smallest absolute Gasteiger partial charge is 0.416 e. The van der Waals surface area contributed by atoms with Gasteiger partial charge in [0.05, 0.1) is 17.9 Å². The third-order valence-corrected chi connectivity index (χ3v) is 5.38. The van der Waals surface area contributed by atoms with Crippen LogP contribution < -0.4 is 0 Å². The van der Waals surface area contributed by atoms with Crippen molar-refractivity contribution in [1.82, 2.24) is 4.98 Å². The van der Waals surface area contributed by atoms with E-state index in [-0.39, 0.29) is 12.5 Å². The van der Waals surface area contributed by atoms with Gasteiger partial charge < -0.3 is 4.74 Å². The molecular formula is C21H18F3NO2S.